The third-order valence-corrected chi connectivity index (χ3v) is 1.30. The molecule has 12 heavy (non-hydrogen) atoms. The minimum atomic E-state index is -0.715. The average Bonchev–Trinajstić information content (AvgIpc) is 2.04. The van der Waals surface area contributed by atoms with Gasteiger partial charge in [0.05, 0.1) is 11.8 Å². The fourth-order valence-corrected chi connectivity index (χ4v) is 0.747. The van der Waals surface area contributed by atoms with Gasteiger partial charge in [-0.3, -0.25) is 4.39 Å². The van der Waals surface area contributed by atoms with Gasteiger partial charge < -0.3 is 0 Å². The summed E-state index contributed by atoms with van der Waals surface area (Å²) in [5.41, 5.74) is -0.279. The van der Waals surface area contributed by atoms with Crippen LogP contribution in [0.25, 0.3) is 0 Å². The van der Waals surface area contributed by atoms with E-state index in [9.17, 15) is 8.78 Å². The van der Waals surface area contributed by atoms with E-state index in [4.69, 9.17) is 11.9 Å². The molecular formula is C7H4ClF2NO. The Kier molecular flexibility index (Phi) is 2.99. The van der Waals surface area contributed by atoms with Crippen LogP contribution in [0.3, 0.4) is 0 Å². The number of oxime groups is 1. The van der Waals surface area contributed by atoms with E-state index in [2.05, 4.69) is 9.55 Å². The van der Waals surface area contributed by atoms with Crippen molar-refractivity contribution in [2.75, 3.05) is 0 Å². The summed E-state index contributed by atoms with van der Waals surface area (Å²) >= 11 is 4.71. The van der Waals surface area contributed by atoms with Crippen LogP contribution in [0.1, 0.15) is 5.56 Å². The van der Waals surface area contributed by atoms with Gasteiger partial charge in [-0.15, -0.1) is 0 Å². The highest BCUT2D eigenvalue weighted by atomic mass is 35.5. The molecule has 0 unspecified atom stereocenters. The van der Waals surface area contributed by atoms with Gasteiger partial charge in [0.25, 0.3) is 0 Å². The maximum atomic E-state index is 12.7. The van der Waals surface area contributed by atoms with Crippen LogP contribution in [0, 0.1) is 11.6 Å². The summed E-state index contributed by atoms with van der Waals surface area (Å²) in [7, 11) is 0. The van der Waals surface area contributed by atoms with Crippen molar-refractivity contribution in [1.82, 2.24) is 0 Å². The zero-order valence-electron chi connectivity index (χ0n) is 5.80. The van der Waals surface area contributed by atoms with Gasteiger partial charge in [-0.1, -0.05) is 11.2 Å². The van der Waals surface area contributed by atoms with Crippen LogP contribution < -0.4 is 0 Å². The summed E-state index contributed by atoms with van der Waals surface area (Å²) < 4.78 is 29.3. The van der Waals surface area contributed by atoms with Crippen molar-refractivity contribution >= 4 is 18.1 Å². The van der Waals surface area contributed by atoms with Gasteiger partial charge in [0, 0.05) is 0 Å². The van der Waals surface area contributed by atoms with E-state index in [-0.39, 0.29) is 5.56 Å². The predicted molar refractivity (Wildman–Crippen MR) is 40.9 cm³/mol. The van der Waals surface area contributed by atoms with Crippen molar-refractivity contribution in [1.29, 1.82) is 0 Å². The van der Waals surface area contributed by atoms with E-state index in [1.54, 1.807) is 0 Å². The lowest BCUT2D eigenvalue weighted by Gasteiger charge is -1.95. The van der Waals surface area contributed by atoms with Crippen LogP contribution in [-0.4, -0.2) is 6.21 Å². The minimum absolute atomic E-state index is 0.279. The Bertz CT molecular complexity index is 283. The molecule has 0 amide bonds. The van der Waals surface area contributed by atoms with Gasteiger partial charge in [-0.25, -0.2) is 8.78 Å². The molecule has 0 radical (unpaired) electrons. The van der Waals surface area contributed by atoms with E-state index >= 15 is 0 Å². The monoisotopic (exact) mass is 191 g/mol. The quantitative estimate of drug-likeness (QED) is 0.520. The average molecular weight is 192 g/mol. The van der Waals surface area contributed by atoms with Crippen LogP contribution in [0.15, 0.2) is 23.4 Å². The Hall–Kier alpha value is -1.16. The summed E-state index contributed by atoms with van der Waals surface area (Å²) in [5.74, 6) is -1.43. The first-order valence-electron chi connectivity index (χ1n) is 3.01. The molecule has 0 fully saturated rings. The van der Waals surface area contributed by atoms with E-state index in [1.165, 1.54) is 6.07 Å². The molecule has 0 N–H and O–H groups in total. The van der Waals surface area contributed by atoms with Gasteiger partial charge in [-0.05, 0) is 12.1 Å². The highest BCUT2D eigenvalue weighted by Gasteiger charge is 2.04. The van der Waals surface area contributed by atoms with Gasteiger partial charge in [0.1, 0.15) is 11.6 Å². The maximum absolute atomic E-state index is 12.7. The van der Waals surface area contributed by atoms with Crippen molar-refractivity contribution in [3.05, 3.63) is 35.4 Å². The summed E-state index contributed by atoms with van der Waals surface area (Å²) in [4.78, 5) is 0. The third kappa shape index (κ3) is 1.92. The smallest absolute Gasteiger partial charge is 0.167 e. The molecule has 0 aromatic heterocycles. The summed E-state index contributed by atoms with van der Waals surface area (Å²) in [6.45, 7) is 0. The zero-order chi connectivity index (χ0) is 8.97. The van der Waals surface area contributed by atoms with Crippen LogP contribution in [-0.2, 0) is 4.39 Å². The number of rotatable bonds is 2. The van der Waals surface area contributed by atoms with E-state index in [0.29, 0.717) is 0 Å². The molecule has 64 valence electrons. The van der Waals surface area contributed by atoms with Crippen molar-refractivity contribution in [3.8, 4) is 0 Å². The van der Waals surface area contributed by atoms with Crippen molar-refractivity contribution < 1.29 is 13.2 Å². The first kappa shape index (κ1) is 8.93. The second kappa shape index (κ2) is 4.01. The lowest BCUT2D eigenvalue weighted by atomic mass is 10.2. The van der Waals surface area contributed by atoms with Gasteiger partial charge >= 0.3 is 0 Å². The number of halogens is 3. The second-order valence-corrected chi connectivity index (χ2v) is 2.08. The Labute approximate surface area is 72.6 Å². The number of nitrogens with zero attached hydrogens (tertiary/aromatic N) is 1. The molecule has 0 aliphatic carbocycles. The zero-order valence-corrected chi connectivity index (χ0v) is 6.55. The molecule has 5 heteroatoms. The molecule has 0 aliphatic heterocycles. The van der Waals surface area contributed by atoms with Gasteiger partial charge in [0.2, 0.25) is 0 Å². The fraction of sp³-hybridized carbons (Fsp3) is 0. The second-order valence-electron chi connectivity index (χ2n) is 1.94. The maximum Gasteiger partial charge on any atom is 0.167 e. The minimum Gasteiger partial charge on any atom is -0.277 e. The summed E-state index contributed by atoms with van der Waals surface area (Å²) in [6.07, 6.45) is 0.859. The van der Waals surface area contributed by atoms with E-state index < -0.39 is 11.6 Å². The molecule has 0 aliphatic rings. The molecule has 0 saturated heterocycles. The molecule has 0 spiro atoms. The molecular weight excluding hydrogens is 188 g/mol. The lowest BCUT2D eigenvalue weighted by molar-refractivity contribution is 0.383. The Morgan fingerprint density at radius 2 is 1.92 bits per heavy atom. The summed E-state index contributed by atoms with van der Waals surface area (Å²) in [5, 5.41) is 3.02. The van der Waals surface area contributed by atoms with Crippen LogP contribution >= 0.6 is 11.9 Å². The number of hydrogen-bond donors (Lipinski definition) is 0. The standard InChI is InChI=1S/C7H4ClF2NO/c8-12-11-4-5-6(9)2-1-3-7(5)10/h1-4H. The third-order valence-electron chi connectivity index (χ3n) is 1.22. The van der Waals surface area contributed by atoms with Crippen molar-refractivity contribution in [3.63, 3.8) is 0 Å². The molecule has 0 bridgehead atoms. The highest BCUT2D eigenvalue weighted by molar-refractivity contribution is 6.07. The lowest BCUT2D eigenvalue weighted by Crippen LogP contribution is -1.92. The summed E-state index contributed by atoms with van der Waals surface area (Å²) in [6, 6.07) is 3.47. The van der Waals surface area contributed by atoms with Crippen molar-refractivity contribution in [2.45, 2.75) is 0 Å². The van der Waals surface area contributed by atoms with Crippen molar-refractivity contribution in [2.24, 2.45) is 5.16 Å². The Morgan fingerprint density at radius 1 is 1.33 bits per heavy atom. The molecule has 0 atom stereocenters. The molecule has 1 aromatic rings. The largest absolute Gasteiger partial charge is 0.277 e. The van der Waals surface area contributed by atoms with Gasteiger partial charge in [-0.2, -0.15) is 0 Å². The fourth-order valence-electron chi connectivity index (χ4n) is 0.707. The topological polar surface area (TPSA) is 21.6 Å². The first-order valence-corrected chi connectivity index (χ1v) is 3.31. The Balaban J connectivity index is 3.04. The SMILES string of the molecule is Fc1cccc(F)c1C=NOCl. The number of benzene rings is 1. The van der Waals surface area contributed by atoms with Gasteiger partial charge in [0.15, 0.2) is 11.9 Å². The highest BCUT2D eigenvalue weighted by Crippen LogP contribution is 2.09. The first-order chi connectivity index (χ1) is 5.75. The molecule has 1 rings (SSSR count). The number of hydrogen-bond acceptors (Lipinski definition) is 2. The normalized spacial score (nSPS) is 10.6. The molecule has 2 nitrogen and oxygen atoms in total. The van der Waals surface area contributed by atoms with Crippen LogP contribution in [0.5, 0.6) is 0 Å². The molecule has 0 heterocycles. The van der Waals surface area contributed by atoms with Crippen LogP contribution in [0.4, 0.5) is 8.78 Å². The van der Waals surface area contributed by atoms with E-state index in [1.807, 2.05) is 0 Å². The Morgan fingerprint density at radius 3 is 2.42 bits per heavy atom. The predicted octanol–water partition coefficient (Wildman–Crippen LogP) is 2.47. The molecule has 0 saturated carbocycles. The van der Waals surface area contributed by atoms with E-state index in [0.717, 1.165) is 18.3 Å². The van der Waals surface area contributed by atoms with Crippen LogP contribution in [0.2, 0.25) is 0 Å². The molecule has 1 aromatic carbocycles.